The quantitative estimate of drug-likeness (QED) is 0.486. The van der Waals surface area contributed by atoms with Crippen LogP contribution in [-0.2, 0) is 0 Å². The Kier molecular flexibility index (Phi) is 4.94. The van der Waals surface area contributed by atoms with Crippen molar-refractivity contribution in [2.75, 3.05) is 13.1 Å². The van der Waals surface area contributed by atoms with Crippen molar-refractivity contribution in [1.29, 1.82) is 0 Å². The summed E-state index contributed by atoms with van der Waals surface area (Å²) in [6, 6.07) is 14.4. The summed E-state index contributed by atoms with van der Waals surface area (Å²) in [5.74, 6) is 0.313. The smallest absolute Gasteiger partial charge is 0.270 e. The molecule has 0 spiro atoms. The number of carbonyl (C=O) groups is 1. The molecule has 0 radical (unpaired) electrons. The lowest BCUT2D eigenvalue weighted by Gasteiger charge is -2.33. The van der Waals surface area contributed by atoms with Crippen molar-refractivity contribution in [3.63, 3.8) is 0 Å². The van der Waals surface area contributed by atoms with E-state index in [9.17, 15) is 4.79 Å². The maximum Gasteiger partial charge on any atom is 0.270 e. The predicted molar refractivity (Wildman–Crippen MR) is 125 cm³/mol. The van der Waals surface area contributed by atoms with E-state index in [0.717, 1.165) is 30.5 Å². The summed E-state index contributed by atoms with van der Waals surface area (Å²) in [5.41, 5.74) is 6.64. The molecule has 5 heteroatoms. The van der Waals surface area contributed by atoms with Crippen LogP contribution < -0.4 is 0 Å². The van der Waals surface area contributed by atoms with Crippen LogP contribution in [0.25, 0.3) is 28.2 Å². The van der Waals surface area contributed by atoms with Gasteiger partial charge in [-0.25, -0.2) is 0 Å². The number of pyridine rings is 1. The molecule has 1 aromatic carbocycles. The fourth-order valence-corrected chi connectivity index (χ4v) is 4.76. The molecular formula is C26H26N4O. The van der Waals surface area contributed by atoms with Crippen LogP contribution >= 0.6 is 0 Å². The SMILES string of the molecule is C=Cn1cccc1C(=O)N1CCCC(c2[nH]c3ccc(C)cc3c2-c2ccncc2)C1. The fourth-order valence-electron chi connectivity index (χ4n) is 4.76. The highest BCUT2D eigenvalue weighted by atomic mass is 16.2. The molecule has 156 valence electrons. The molecule has 3 aromatic heterocycles. The second-order valence-electron chi connectivity index (χ2n) is 8.27. The number of hydrogen-bond acceptors (Lipinski definition) is 2. The molecule has 5 rings (SSSR count). The summed E-state index contributed by atoms with van der Waals surface area (Å²) in [7, 11) is 0. The number of hydrogen-bond donors (Lipinski definition) is 1. The van der Waals surface area contributed by atoms with E-state index in [2.05, 4.69) is 53.8 Å². The second kappa shape index (κ2) is 7.91. The summed E-state index contributed by atoms with van der Waals surface area (Å²) < 4.78 is 1.79. The zero-order chi connectivity index (χ0) is 21.4. The molecule has 0 aliphatic carbocycles. The number of amides is 1. The maximum absolute atomic E-state index is 13.2. The van der Waals surface area contributed by atoms with Gasteiger partial charge in [0, 0.05) is 66.0 Å². The first-order valence-corrected chi connectivity index (χ1v) is 10.8. The molecule has 1 amide bonds. The number of nitrogens with zero attached hydrogens (tertiary/aromatic N) is 3. The third-order valence-electron chi connectivity index (χ3n) is 6.26. The Morgan fingerprint density at radius 2 is 2.06 bits per heavy atom. The van der Waals surface area contributed by atoms with Gasteiger partial charge in [0.05, 0.1) is 0 Å². The number of benzene rings is 1. The summed E-state index contributed by atoms with van der Waals surface area (Å²) in [6.07, 6.45) is 9.26. The van der Waals surface area contributed by atoms with Gasteiger partial charge < -0.3 is 14.5 Å². The fraction of sp³-hybridized carbons (Fsp3) is 0.231. The number of aryl methyl sites for hydroxylation is 1. The van der Waals surface area contributed by atoms with Crippen molar-refractivity contribution in [3.8, 4) is 11.1 Å². The minimum Gasteiger partial charge on any atom is -0.358 e. The molecule has 31 heavy (non-hydrogen) atoms. The number of piperidine rings is 1. The van der Waals surface area contributed by atoms with Gasteiger partial charge in [-0.2, -0.15) is 0 Å². The van der Waals surface area contributed by atoms with E-state index in [-0.39, 0.29) is 11.8 Å². The van der Waals surface area contributed by atoms with Crippen LogP contribution in [0.3, 0.4) is 0 Å². The van der Waals surface area contributed by atoms with Crippen molar-refractivity contribution in [3.05, 3.63) is 84.6 Å². The molecule has 5 nitrogen and oxygen atoms in total. The van der Waals surface area contributed by atoms with Crippen molar-refractivity contribution in [1.82, 2.24) is 19.4 Å². The average Bonchev–Trinajstić information content (AvgIpc) is 3.43. The number of H-pyrrole nitrogens is 1. The summed E-state index contributed by atoms with van der Waals surface area (Å²) in [6.45, 7) is 7.41. The molecule has 1 saturated heterocycles. The lowest BCUT2D eigenvalue weighted by molar-refractivity contribution is 0.0699. The molecule has 1 aliphatic heterocycles. The molecule has 4 aromatic rings. The van der Waals surface area contributed by atoms with E-state index in [4.69, 9.17) is 0 Å². The van der Waals surface area contributed by atoms with Crippen LogP contribution in [-0.4, -0.2) is 38.4 Å². The van der Waals surface area contributed by atoms with Gasteiger partial charge in [-0.05, 0) is 61.7 Å². The Bertz CT molecular complexity index is 1250. The predicted octanol–water partition coefficient (Wildman–Crippen LogP) is 5.46. The highest BCUT2D eigenvalue weighted by Gasteiger charge is 2.30. The van der Waals surface area contributed by atoms with Crippen molar-refractivity contribution in [2.45, 2.75) is 25.7 Å². The van der Waals surface area contributed by atoms with Gasteiger partial charge in [-0.15, -0.1) is 0 Å². The van der Waals surface area contributed by atoms with E-state index in [1.54, 1.807) is 10.8 Å². The molecule has 1 fully saturated rings. The number of rotatable bonds is 4. The highest BCUT2D eigenvalue weighted by Crippen LogP contribution is 2.39. The Morgan fingerprint density at radius 3 is 2.87 bits per heavy atom. The molecule has 1 unspecified atom stereocenters. The first kappa shape index (κ1) is 19.4. The lowest BCUT2D eigenvalue weighted by atomic mass is 9.89. The number of likely N-dealkylation sites (tertiary alicyclic amines) is 1. The Morgan fingerprint density at radius 1 is 1.23 bits per heavy atom. The summed E-state index contributed by atoms with van der Waals surface area (Å²) in [4.78, 5) is 23.1. The number of nitrogens with one attached hydrogen (secondary N) is 1. The van der Waals surface area contributed by atoms with Crippen LogP contribution in [0.15, 0.2) is 67.6 Å². The number of aromatic nitrogens is 3. The van der Waals surface area contributed by atoms with E-state index in [1.165, 1.54) is 22.2 Å². The normalized spacial score (nSPS) is 16.5. The zero-order valence-corrected chi connectivity index (χ0v) is 17.7. The van der Waals surface area contributed by atoms with Crippen LogP contribution in [0.2, 0.25) is 0 Å². The minimum atomic E-state index is 0.0621. The van der Waals surface area contributed by atoms with Gasteiger partial charge >= 0.3 is 0 Å². The standard InChI is InChI=1S/C26H26N4O/c1-3-29-14-5-7-23(29)26(31)30-15-4-6-20(17-30)25-24(19-10-12-27-13-11-19)21-16-18(2)8-9-22(21)28-25/h3,5,7-14,16,20,28H,1,4,6,15,17H2,2H3. The number of fused-ring (bicyclic) bond motifs is 1. The van der Waals surface area contributed by atoms with Crippen LogP contribution in [0.4, 0.5) is 0 Å². The van der Waals surface area contributed by atoms with Crippen LogP contribution in [0.1, 0.15) is 40.5 Å². The maximum atomic E-state index is 13.2. The summed E-state index contributed by atoms with van der Waals surface area (Å²) >= 11 is 0. The molecule has 0 bridgehead atoms. The van der Waals surface area contributed by atoms with Crippen molar-refractivity contribution in [2.24, 2.45) is 0 Å². The van der Waals surface area contributed by atoms with Crippen molar-refractivity contribution >= 4 is 23.0 Å². The van der Waals surface area contributed by atoms with Gasteiger partial charge in [0.15, 0.2) is 0 Å². The number of aromatic amines is 1. The minimum absolute atomic E-state index is 0.0621. The molecule has 1 N–H and O–H groups in total. The first-order chi connectivity index (χ1) is 15.2. The van der Waals surface area contributed by atoms with Gasteiger partial charge in [0.25, 0.3) is 5.91 Å². The van der Waals surface area contributed by atoms with Gasteiger partial charge in [0.2, 0.25) is 0 Å². The summed E-state index contributed by atoms with van der Waals surface area (Å²) in [5, 5.41) is 1.23. The Labute approximate surface area is 182 Å². The Balaban J connectivity index is 1.55. The Hall–Kier alpha value is -3.60. The molecule has 0 saturated carbocycles. The monoisotopic (exact) mass is 410 g/mol. The van der Waals surface area contributed by atoms with Crippen molar-refractivity contribution < 1.29 is 4.79 Å². The highest BCUT2D eigenvalue weighted by molar-refractivity contribution is 5.98. The van der Waals surface area contributed by atoms with Gasteiger partial charge in [-0.3, -0.25) is 9.78 Å². The third-order valence-corrected chi connectivity index (χ3v) is 6.26. The van der Waals surface area contributed by atoms with Crippen LogP contribution in [0, 0.1) is 6.92 Å². The topological polar surface area (TPSA) is 53.9 Å². The third kappa shape index (κ3) is 3.46. The average molecular weight is 411 g/mol. The molecular weight excluding hydrogens is 384 g/mol. The van der Waals surface area contributed by atoms with Gasteiger partial charge in [0.1, 0.15) is 5.69 Å². The number of carbonyl (C=O) groups excluding carboxylic acids is 1. The van der Waals surface area contributed by atoms with Crippen LogP contribution in [0.5, 0.6) is 0 Å². The second-order valence-corrected chi connectivity index (χ2v) is 8.27. The zero-order valence-electron chi connectivity index (χ0n) is 17.7. The first-order valence-electron chi connectivity index (χ1n) is 10.8. The van der Waals surface area contributed by atoms with E-state index >= 15 is 0 Å². The molecule has 1 atom stereocenters. The van der Waals surface area contributed by atoms with E-state index in [1.807, 2.05) is 35.6 Å². The largest absolute Gasteiger partial charge is 0.358 e. The molecule has 1 aliphatic rings. The van der Waals surface area contributed by atoms with Gasteiger partial charge in [-0.1, -0.05) is 18.2 Å². The van der Waals surface area contributed by atoms with E-state index < -0.39 is 0 Å². The lowest BCUT2D eigenvalue weighted by Crippen LogP contribution is -2.39. The molecule has 4 heterocycles. The van der Waals surface area contributed by atoms with E-state index in [0.29, 0.717) is 12.2 Å².